The summed E-state index contributed by atoms with van der Waals surface area (Å²) in [6, 6.07) is 0. The third-order valence-corrected chi connectivity index (χ3v) is 3.64. The Hall–Kier alpha value is -2.12. The van der Waals surface area contributed by atoms with Crippen molar-refractivity contribution in [3.63, 3.8) is 0 Å². The second kappa shape index (κ2) is 5.94. The van der Waals surface area contributed by atoms with E-state index in [1.54, 1.807) is 0 Å². The van der Waals surface area contributed by atoms with E-state index in [9.17, 15) is 27.2 Å². The first-order valence-electron chi connectivity index (χ1n) is 6.45. The molecule has 8 heteroatoms. The highest BCUT2D eigenvalue weighted by molar-refractivity contribution is 5.90. The molecule has 1 aromatic carbocycles. The number of hydrogen-bond donors (Lipinski definition) is 1. The number of aliphatic carboxylic acids is 1. The van der Waals surface area contributed by atoms with E-state index in [1.165, 1.54) is 0 Å². The van der Waals surface area contributed by atoms with Crippen molar-refractivity contribution in [2.24, 2.45) is 5.92 Å². The Bertz CT molecular complexity index is 611. The Morgan fingerprint density at radius 2 is 1.64 bits per heavy atom. The lowest BCUT2D eigenvalue weighted by Crippen LogP contribution is -2.19. The summed E-state index contributed by atoms with van der Waals surface area (Å²) < 4.78 is 60.1. The summed E-state index contributed by atoms with van der Waals surface area (Å²) in [5, 5.41) is 8.82. The molecule has 1 saturated carbocycles. The lowest BCUT2D eigenvalue weighted by Gasteiger charge is -2.18. The molecule has 120 valence electrons. The molecule has 4 nitrogen and oxygen atoms in total. The fourth-order valence-corrected chi connectivity index (χ4v) is 2.45. The topological polar surface area (TPSA) is 63.6 Å². The minimum atomic E-state index is -1.88. The van der Waals surface area contributed by atoms with Gasteiger partial charge in [-0.2, -0.15) is 0 Å². The van der Waals surface area contributed by atoms with Crippen LogP contribution in [0.3, 0.4) is 0 Å². The molecule has 22 heavy (non-hydrogen) atoms. The van der Waals surface area contributed by atoms with E-state index < -0.39 is 58.7 Å². The summed E-state index contributed by atoms with van der Waals surface area (Å²) in [6.07, 6.45) is 0.368. The summed E-state index contributed by atoms with van der Waals surface area (Å²) in [7, 11) is 0.808. The number of ether oxygens (including phenoxy) is 1. The number of carboxylic acids is 1. The largest absolute Gasteiger partial charge is 0.481 e. The van der Waals surface area contributed by atoms with Crippen LogP contribution < -0.4 is 0 Å². The van der Waals surface area contributed by atoms with Gasteiger partial charge in [-0.05, 0) is 18.8 Å². The van der Waals surface area contributed by atoms with Crippen molar-refractivity contribution >= 4 is 11.9 Å². The number of esters is 1. The third-order valence-electron chi connectivity index (χ3n) is 3.64. The van der Waals surface area contributed by atoms with Gasteiger partial charge in [-0.3, -0.25) is 4.79 Å². The Balaban J connectivity index is 2.61. The highest BCUT2D eigenvalue weighted by Gasteiger charge is 2.40. The third kappa shape index (κ3) is 2.77. The van der Waals surface area contributed by atoms with Gasteiger partial charge >= 0.3 is 11.9 Å². The van der Waals surface area contributed by atoms with Crippen LogP contribution in [0.25, 0.3) is 0 Å². The minimum Gasteiger partial charge on any atom is -0.481 e. The SMILES string of the molecule is COC(=O)c1c(F)c(F)c(C(CC(=O)O)C2CC2)c(F)c1F. The number of carbonyl (C=O) groups excluding carboxylic acids is 1. The summed E-state index contributed by atoms with van der Waals surface area (Å²) >= 11 is 0. The van der Waals surface area contributed by atoms with Crippen molar-refractivity contribution in [3.05, 3.63) is 34.4 Å². The van der Waals surface area contributed by atoms with E-state index in [2.05, 4.69) is 4.74 Å². The monoisotopic (exact) mass is 320 g/mol. The normalized spacial score (nSPS) is 15.5. The van der Waals surface area contributed by atoms with Crippen LogP contribution >= 0.6 is 0 Å². The van der Waals surface area contributed by atoms with Crippen LogP contribution in [0.15, 0.2) is 0 Å². The van der Waals surface area contributed by atoms with Gasteiger partial charge in [-0.15, -0.1) is 0 Å². The molecule has 1 aliphatic rings. The van der Waals surface area contributed by atoms with E-state index in [-0.39, 0.29) is 5.92 Å². The Morgan fingerprint density at radius 1 is 1.14 bits per heavy atom. The number of halogens is 4. The van der Waals surface area contributed by atoms with Gasteiger partial charge in [0, 0.05) is 11.5 Å². The standard InChI is InChI=1S/C14H12F4O4/c1-22-14(21)9-12(17)10(15)8(11(16)13(9)18)6(4-7(19)20)5-2-3-5/h5-6H,2-4H2,1H3,(H,19,20). The molecule has 0 radical (unpaired) electrons. The van der Waals surface area contributed by atoms with Crippen LogP contribution in [0.5, 0.6) is 0 Å². The van der Waals surface area contributed by atoms with Crippen molar-refractivity contribution in [2.75, 3.05) is 7.11 Å². The zero-order valence-corrected chi connectivity index (χ0v) is 11.5. The van der Waals surface area contributed by atoms with E-state index in [0.29, 0.717) is 12.8 Å². The number of methoxy groups -OCH3 is 1. The van der Waals surface area contributed by atoms with Gasteiger partial charge < -0.3 is 9.84 Å². The summed E-state index contributed by atoms with van der Waals surface area (Å²) in [5.74, 6) is -11.7. The van der Waals surface area contributed by atoms with Crippen molar-refractivity contribution in [1.29, 1.82) is 0 Å². The van der Waals surface area contributed by atoms with Gasteiger partial charge in [-0.25, -0.2) is 22.4 Å². The first-order chi connectivity index (χ1) is 10.3. The molecular formula is C14H12F4O4. The molecule has 0 heterocycles. The predicted molar refractivity (Wildman–Crippen MR) is 65.3 cm³/mol. The summed E-state index contributed by atoms with van der Waals surface area (Å²) in [5.41, 5.74) is -2.43. The predicted octanol–water partition coefficient (Wildman–Crippen LogP) is 3.00. The summed E-state index contributed by atoms with van der Waals surface area (Å²) in [6.45, 7) is 0. The van der Waals surface area contributed by atoms with Crippen LogP contribution in [0.4, 0.5) is 17.6 Å². The molecule has 1 N–H and O–H groups in total. The highest BCUT2D eigenvalue weighted by Crippen LogP contribution is 2.46. The first kappa shape index (κ1) is 16.3. The van der Waals surface area contributed by atoms with Crippen molar-refractivity contribution in [2.45, 2.75) is 25.2 Å². The number of benzene rings is 1. The van der Waals surface area contributed by atoms with Crippen molar-refractivity contribution < 1.29 is 37.0 Å². The first-order valence-corrected chi connectivity index (χ1v) is 6.45. The van der Waals surface area contributed by atoms with Crippen LogP contribution in [-0.4, -0.2) is 24.2 Å². The maximum absolute atomic E-state index is 14.1. The van der Waals surface area contributed by atoms with Gasteiger partial charge in [0.1, 0.15) is 5.56 Å². The van der Waals surface area contributed by atoms with E-state index >= 15 is 0 Å². The molecule has 1 fully saturated rings. The second-order valence-electron chi connectivity index (χ2n) is 5.08. The highest BCUT2D eigenvalue weighted by atomic mass is 19.2. The van der Waals surface area contributed by atoms with Crippen LogP contribution in [0.1, 0.15) is 41.1 Å². The lowest BCUT2D eigenvalue weighted by atomic mass is 9.89. The second-order valence-corrected chi connectivity index (χ2v) is 5.08. The molecule has 0 bridgehead atoms. The average Bonchev–Trinajstić information content (AvgIpc) is 3.28. The van der Waals surface area contributed by atoms with Crippen LogP contribution in [-0.2, 0) is 9.53 Å². The molecule has 2 rings (SSSR count). The Kier molecular flexibility index (Phi) is 4.39. The van der Waals surface area contributed by atoms with Crippen LogP contribution in [0, 0.1) is 29.2 Å². The number of rotatable bonds is 5. The average molecular weight is 320 g/mol. The smallest absolute Gasteiger partial charge is 0.344 e. The van der Waals surface area contributed by atoms with Gasteiger partial charge in [-0.1, -0.05) is 0 Å². The fraction of sp³-hybridized carbons (Fsp3) is 0.429. The minimum absolute atomic E-state index is 0.358. The van der Waals surface area contributed by atoms with Crippen molar-refractivity contribution in [3.8, 4) is 0 Å². The summed E-state index contributed by atoms with van der Waals surface area (Å²) in [4.78, 5) is 22.1. The molecule has 1 atom stereocenters. The Labute approximate surface area is 122 Å². The molecule has 0 saturated heterocycles. The van der Waals surface area contributed by atoms with Gasteiger partial charge in [0.2, 0.25) is 0 Å². The molecule has 1 aliphatic carbocycles. The molecule has 0 aliphatic heterocycles. The van der Waals surface area contributed by atoms with Gasteiger partial charge in [0.25, 0.3) is 0 Å². The molecule has 1 aromatic rings. The quantitative estimate of drug-likeness (QED) is 0.515. The van der Waals surface area contributed by atoms with E-state index in [4.69, 9.17) is 5.11 Å². The van der Waals surface area contributed by atoms with Crippen LogP contribution in [0.2, 0.25) is 0 Å². The maximum Gasteiger partial charge on any atom is 0.344 e. The van der Waals surface area contributed by atoms with Gasteiger partial charge in [0.15, 0.2) is 23.3 Å². The molecule has 0 aromatic heterocycles. The zero-order valence-electron chi connectivity index (χ0n) is 11.5. The van der Waals surface area contributed by atoms with E-state index in [0.717, 1.165) is 7.11 Å². The van der Waals surface area contributed by atoms with Gasteiger partial charge in [0.05, 0.1) is 13.5 Å². The number of carbonyl (C=O) groups is 2. The number of carboxylic acid groups (broad SMARTS) is 1. The fourth-order valence-electron chi connectivity index (χ4n) is 2.45. The maximum atomic E-state index is 14.1. The molecule has 0 amide bonds. The van der Waals surface area contributed by atoms with E-state index in [1.807, 2.05) is 0 Å². The molecular weight excluding hydrogens is 308 g/mol. The zero-order chi connectivity index (χ0) is 16.6. The van der Waals surface area contributed by atoms with Crippen molar-refractivity contribution in [1.82, 2.24) is 0 Å². The number of hydrogen-bond acceptors (Lipinski definition) is 3. The molecule has 0 spiro atoms. The lowest BCUT2D eigenvalue weighted by molar-refractivity contribution is -0.137. The Morgan fingerprint density at radius 3 is 2.00 bits per heavy atom. The molecule has 1 unspecified atom stereocenters.